The van der Waals surface area contributed by atoms with Gasteiger partial charge in [0.1, 0.15) is 0 Å². The molecular formula is C16H17N3O6. The number of morpholine rings is 1. The van der Waals surface area contributed by atoms with Crippen LogP contribution in [0.4, 0.5) is 11.7 Å². The first-order chi connectivity index (χ1) is 12.1. The molecule has 3 rings (SSSR count). The van der Waals surface area contributed by atoms with Crippen LogP contribution in [0.3, 0.4) is 0 Å². The Bertz CT molecular complexity index is 765. The van der Waals surface area contributed by atoms with E-state index in [0.717, 1.165) is 0 Å². The fraction of sp³-hybridized carbons (Fsp3) is 0.375. The minimum Gasteiger partial charge on any atom is -0.461 e. The summed E-state index contributed by atoms with van der Waals surface area (Å²) in [4.78, 5) is 28.7. The smallest absolute Gasteiger partial charge is 0.361 e. The van der Waals surface area contributed by atoms with Crippen LogP contribution in [0, 0.1) is 10.1 Å². The van der Waals surface area contributed by atoms with E-state index in [4.69, 9.17) is 13.9 Å². The van der Waals surface area contributed by atoms with Crippen molar-refractivity contribution in [3.05, 3.63) is 40.1 Å². The molecule has 0 bridgehead atoms. The lowest BCUT2D eigenvalue weighted by Crippen LogP contribution is -2.36. The molecule has 132 valence electrons. The number of esters is 1. The van der Waals surface area contributed by atoms with Gasteiger partial charge in [0.05, 0.1) is 24.7 Å². The van der Waals surface area contributed by atoms with Gasteiger partial charge in [-0.15, -0.1) is 0 Å². The largest absolute Gasteiger partial charge is 0.461 e. The molecule has 0 radical (unpaired) electrons. The first kappa shape index (κ1) is 16.9. The van der Waals surface area contributed by atoms with Gasteiger partial charge in [-0.05, 0) is 19.1 Å². The molecule has 1 aliphatic rings. The normalized spacial score (nSPS) is 14.4. The number of ether oxygens (including phenoxy) is 2. The van der Waals surface area contributed by atoms with Crippen LogP contribution in [0.5, 0.6) is 0 Å². The van der Waals surface area contributed by atoms with Crippen LogP contribution in [0.2, 0.25) is 0 Å². The number of carbonyl (C=O) groups excluding carboxylic acids is 1. The summed E-state index contributed by atoms with van der Waals surface area (Å²) in [5, 5.41) is 10.8. The molecule has 0 amide bonds. The topological polar surface area (TPSA) is 108 Å². The van der Waals surface area contributed by atoms with Crippen LogP contribution in [0.25, 0.3) is 11.3 Å². The molecule has 1 aromatic carbocycles. The zero-order valence-corrected chi connectivity index (χ0v) is 13.6. The van der Waals surface area contributed by atoms with Crippen molar-refractivity contribution in [1.29, 1.82) is 0 Å². The molecule has 1 saturated heterocycles. The van der Waals surface area contributed by atoms with Gasteiger partial charge in [-0.2, -0.15) is 4.98 Å². The number of carbonyl (C=O) groups is 1. The number of benzene rings is 1. The summed E-state index contributed by atoms with van der Waals surface area (Å²) in [6.07, 6.45) is 0. The van der Waals surface area contributed by atoms with Crippen LogP contribution < -0.4 is 4.90 Å². The van der Waals surface area contributed by atoms with Crippen molar-refractivity contribution in [1.82, 2.24) is 4.98 Å². The van der Waals surface area contributed by atoms with Crippen LogP contribution in [0.15, 0.2) is 28.7 Å². The highest BCUT2D eigenvalue weighted by atomic mass is 16.6. The van der Waals surface area contributed by atoms with Crippen LogP contribution in [-0.4, -0.2) is 48.8 Å². The van der Waals surface area contributed by atoms with Gasteiger partial charge in [0.2, 0.25) is 0 Å². The van der Waals surface area contributed by atoms with E-state index in [-0.39, 0.29) is 23.7 Å². The van der Waals surface area contributed by atoms with Gasteiger partial charge in [-0.25, -0.2) is 4.79 Å². The number of nitro benzene ring substituents is 1. The van der Waals surface area contributed by atoms with E-state index in [0.29, 0.717) is 37.9 Å². The molecule has 2 aromatic rings. The summed E-state index contributed by atoms with van der Waals surface area (Å²) in [6, 6.07) is 6.04. The third-order valence-corrected chi connectivity index (χ3v) is 3.71. The summed E-state index contributed by atoms with van der Waals surface area (Å²) in [7, 11) is 0. The summed E-state index contributed by atoms with van der Waals surface area (Å²) >= 11 is 0. The molecule has 0 N–H and O–H groups in total. The van der Waals surface area contributed by atoms with Gasteiger partial charge >= 0.3 is 5.97 Å². The Morgan fingerprint density at radius 2 is 2.00 bits per heavy atom. The highest BCUT2D eigenvalue weighted by Gasteiger charge is 2.26. The molecule has 25 heavy (non-hydrogen) atoms. The molecule has 1 aromatic heterocycles. The monoisotopic (exact) mass is 347 g/mol. The van der Waals surface area contributed by atoms with Crippen molar-refractivity contribution in [3.63, 3.8) is 0 Å². The maximum Gasteiger partial charge on any atom is 0.361 e. The average Bonchev–Trinajstić information content (AvgIpc) is 3.08. The Morgan fingerprint density at radius 3 is 2.60 bits per heavy atom. The molecular weight excluding hydrogens is 330 g/mol. The molecule has 2 heterocycles. The summed E-state index contributed by atoms with van der Waals surface area (Å²) < 4.78 is 16.1. The third kappa shape index (κ3) is 3.61. The lowest BCUT2D eigenvalue weighted by molar-refractivity contribution is -0.384. The second-order valence-corrected chi connectivity index (χ2v) is 5.30. The highest BCUT2D eigenvalue weighted by molar-refractivity contribution is 5.94. The second-order valence-electron chi connectivity index (χ2n) is 5.30. The zero-order valence-electron chi connectivity index (χ0n) is 13.6. The van der Waals surface area contributed by atoms with Gasteiger partial charge < -0.3 is 18.8 Å². The lowest BCUT2D eigenvalue weighted by Gasteiger charge is -2.24. The average molecular weight is 347 g/mol. The molecule has 0 atom stereocenters. The maximum absolute atomic E-state index is 12.2. The Balaban J connectivity index is 1.98. The first-order valence-corrected chi connectivity index (χ1v) is 7.85. The SMILES string of the molecule is CCOC(=O)c1nc(N2CCOCC2)oc1-c1ccc([N+](=O)[O-])cc1. The van der Waals surface area contributed by atoms with Crippen molar-refractivity contribution in [2.75, 3.05) is 37.8 Å². The number of oxazole rings is 1. The molecule has 1 fully saturated rings. The summed E-state index contributed by atoms with van der Waals surface area (Å²) in [5.41, 5.74) is 0.521. The quantitative estimate of drug-likeness (QED) is 0.460. The van der Waals surface area contributed by atoms with Gasteiger partial charge in [0.25, 0.3) is 11.7 Å². The number of hydrogen-bond acceptors (Lipinski definition) is 8. The number of nitro groups is 1. The molecule has 0 unspecified atom stereocenters. The lowest BCUT2D eigenvalue weighted by atomic mass is 10.1. The predicted octanol–water partition coefficient (Wildman–Crippen LogP) is 2.26. The number of rotatable bonds is 5. The van der Waals surface area contributed by atoms with E-state index in [2.05, 4.69) is 4.98 Å². The van der Waals surface area contributed by atoms with E-state index in [1.807, 2.05) is 4.90 Å². The van der Waals surface area contributed by atoms with E-state index < -0.39 is 10.9 Å². The van der Waals surface area contributed by atoms with Crippen LogP contribution in [-0.2, 0) is 9.47 Å². The minimum atomic E-state index is -0.598. The van der Waals surface area contributed by atoms with Gasteiger partial charge in [-0.3, -0.25) is 10.1 Å². The van der Waals surface area contributed by atoms with Crippen LogP contribution in [0.1, 0.15) is 17.4 Å². The standard InChI is InChI=1S/C16H17N3O6/c1-2-24-15(20)13-14(11-3-5-12(6-4-11)19(21)22)25-16(17-13)18-7-9-23-10-8-18/h3-6H,2,7-10H2,1H3. The third-order valence-electron chi connectivity index (χ3n) is 3.71. The number of aromatic nitrogens is 1. The van der Waals surface area contributed by atoms with Gasteiger partial charge in [0.15, 0.2) is 11.5 Å². The van der Waals surface area contributed by atoms with Crippen molar-refractivity contribution in [2.24, 2.45) is 0 Å². The number of anilines is 1. The number of hydrogen-bond donors (Lipinski definition) is 0. The van der Waals surface area contributed by atoms with Crippen molar-refractivity contribution in [3.8, 4) is 11.3 Å². The molecule has 9 heteroatoms. The Hall–Kier alpha value is -2.94. The molecule has 1 aliphatic heterocycles. The number of nitrogens with zero attached hydrogens (tertiary/aromatic N) is 3. The molecule has 0 saturated carbocycles. The maximum atomic E-state index is 12.2. The van der Waals surface area contributed by atoms with E-state index in [1.165, 1.54) is 24.3 Å². The van der Waals surface area contributed by atoms with Gasteiger partial charge in [-0.1, -0.05) is 0 Å². The summed E-state index contributed by atoms with van der Waals surface area (Å²) in [5.74, 6) is -0.367. The zero-order chi connectivity index (χ0) is 17.8. The molecule has 0 aliphatic carbocycles. The second kappa shape index (κ2) is 7.31. The van der Waals surface area contributed by atoms with Crippen molar-refractivity contribution >= 4 is 17.7 Å². The molecule has 0 spiro atoms. The highest BCUT2D eigenvalue weighted by Crippen LogP contribution is 2.31. The van der Waals surface area contributed by atoms with E-state index >= 15 is 0 Å². The predicted molar refractivity (Wildman–Crippen MR) is 87.6 cm³/mol. The Morgan fingerprint density at radius 1 is 1.32 bits per heavy atom. The van der Waals surface area contributed by atoms with E-state index in [1.54, 1.807) is 6.92 Å². The minimum absolute atomic E-state index is 0.0469. The Kier molecular flexibility index (Phi) is 4.94. The van der Waals surface area contributed by atoms with Crippen molar-refractivity contribution < 1.29 is 23.6 Å². The number of non-ortho nitro benzene ring substituents is 1. The fourth-order valence-corrected chi connectivity index (χ4v) is 2.47. The van der Waals surface area contributed by atoms with Gasteiger partial charge in [0, 0.05) is 30.8 Å². The van der Waals surface area contributed by atoms with Crippen molar-refractivity contribution in [2.45, 2.75) is 6.92 Å². The van der Waals surface area contributed by atoms with Crippen LogP contribution >= 0.6 is 0 Å². The summed E-state index contributed by atoms with van der Waals surface area (Å²) in [6.45, 7) is 4.20. The fourth-order valence-electron chi connectivity index (χ4n) is 2.47. The van der Waals surface area contributed by atoms with E-state index in [9.17, 15) is 14.9 Å². The molecule has 9 nitrogen and oxygen atoms in total. The Labute approximate surface area is 143 Å². The first-order valence-electron chi connectivity index (χ1n) is 7.85.